The molecule has 2 heterocycles. The van der Waals surface area contributed by atoms with Crippen LogP contribution in [0.15, 0.2) is 79.1 Å². The summed E-state index contributed by atoms with van der Waals surface area (Å²) in [4.78, 5) is 9.55. The number of fused-ring (bicyclic) bond motifs is 6. The zero-order chi connectivity index (χ0) is 22.0. The fourth-order valence-corrected chi connectivity index (χ4v) is 5.04. The van der Waals surface area contributed by atoms with Gasteiger partial charge in [0.15, 0.2) is 0 Å². The molecule has 0 saturated heterocycles. The van der Waals surface area contributed by atoms with Crippen LogP contribution in [0.25, 0.3) is 54.7 Å². The first-order valence-electron chi connectivity index (χ1n) is 11.1. The quantitative estimate of drug-likeness (QED) is 0.280. The summed E-state index contributed by atoms with van der Waals surface area (Å²) in [5.74, 6) is 0. The Kier molecular flexibility index (Phi) is 3.94. The van der Waals surface area contributed by atoms with E-state index in [-0.39, 0.29) is 5.41 Å². The first-order valence-corrected chi connectivity index (χ1v) is 11.1. The van der Waals surface area contributed by atoms with Gasteiger partial charge in [-0.05, 0) is 44.7 Å². The lowest BCUT2D eigenvalue weighted by atomic mass is 9.83. The number of nitrogens with zero attached hydrogens (tertiary/aromatic N) is 3. The third-order valence-electron chi connectivity index (χ3n) is 6.61. The van der Waals surface area contributed by atoms with E-state index in [0.29, 0.717) is 0 Å². The van der Waals surface area contributed by atoms with Crippen molar-refractivity contribution in [1.82, 2.24) is 14.5 Å². The monoisotopic (exact) mass is 415 g/mol. The normalized spacial score (nSPS) is 12.4. The van der Waals surface area contributed by atoms with E-state index in [1.807, 2.05) is 0 Å². The summed E-state index contributed by atoms with van der Waals surface area (Å²) in [5, 5.41) is 6.21. The van der Waals surface area contributed by atoms with Crippen molar-refractivity contribution in [3.05, 3.63) is 84.7 Å². The van der Waals surface area contributed by atoms with Crippen LogP contribution in [-0.2, 0) is 12.5 Å². The number of hydrogen-bond acceptors (Lipinski definition) is 2. The molecule has 0 N–H and O–H groups in total. The highest BCUT2D eigenvalue weighted by atomic mass is 15.0. The van der Waals surface area contributed by atoms with Crippen molar-refractivity contribution in [3.8, 4) is 11.3 Å². The van der Waals surface area contributed by atoms with Crippen molar-refractivity contribution in [2.24, 2.45) is 7.05 Å². The molecule has 6 rings (SSSR count). The van der Waals surface area contributed by atoms with E-state index in [1.54, 1.807) is 6.33 Å². The Bertz CT molecular complexity index is 1670. The molecule has 0 spiro atoms. The summed E-state index contributed by atoms with van der Waals surface area (Å²) in [6.45, 7) is 6.84. The van der Waals surface area contributed by atoms with Crippen LogP contribution < -0.4 is 0 Å². The molecule has 156 valence electrons. The van der Waals surface area contributed by atoms with E-state index in [0.717, 1.165) is 22.3 Å². The summed E-state index contributed by atoms with van der Waals surface area (Å²) in [5.41, 5.74) is 6.77. The summed E-state index contributed by atoms with van der Waals surface area (Å²) in [6.07, 6.45) is 1.71. The predicted octanol–water partition coefficient (Wildman–Crippen LogP) is 7.39. The second-order valence-corrected chi connectivity index (χ2v) is 9.65. The van der Waals surface area contributed by atoms with Crippen molar-refractivity contribution < 1.29 is 0 Å². The maximum Gasteiger partial charge on any atom is 0.116 e. The zero-order valence-corrected chi connectivity index (χ0v) is 18.8. The van der Waals surface area contributed by atoms with Crippen LogP contribution in [0.4, 0.5) is 0 Å². The van der Waals surface area contributed by atoms with Crippen LogP contribution in [-0.4, -0.2) is 14.5 Å². The van der Waals surface area contributed by atoms with Gasteiger partial charge in [-0.1, -0.05) is 81.4 Å². The molecule has 0 fully saturated rings. The van der Waals surface area contributed by atoms with Gasteiger partial charge in [-0.15, -0.1) is 0 Å². The van der Waals surface area contributed by atoms with Gasteiger partial charge in [-0.3, -0.25) is 0 Å². The molecule has 0 atom stereocenters. The summed E-state index contributed by atoms with van der Waals surface area (Å²) < 4.78 is 2.27. The maximum atomic E-state index is 4.79. The fraction of sp³-hybridized carbons (Fsp3) is 0.172. The van der Waals surface area contributed by atoms with Crippen LogP contribution in [0.2, 0.25) is 0 Å². The number of aromatic nitrogens is 3. The lowest BCUT2D eigenvalue weighted by Gasteiger charge is -2.22. The molecule has 0 unspecified atom stereocenters. The summed E-state index contributed by atoms with van der Waals surface area (Å²) in [6, 6.07) is 26.1. The highest BCUT2D eigenvalue weighted by Gasteiger charge is 2.23. The van der Waals surface area contributed by atoms with E-state index < -0.39 is 0 Å². The molecule has 0 aliphatic carbocycles. The molecule has 0 radical (unpaired) electrons. The molecule has 32 heavy (non-hydrogen) atoms. The molecule has 0 amide bonds. The van der Waals surface area contributed by atoms with Crippen molar-refractivity contribution in [2.45, 2.75) is 26.2 Å². The van der Waals surface area contributed by atoms with E-state index >= 15 is 0 Å². The van der Waals surface area contributed by atoms with Crippen LogP contribution in [0.5, 0.6) is 0 Å². The first kappa shape index (κ1) is 19.0. The minimum atomic E-state index is 0.0388. The van der Waals surface area contributed by atoms with Crippen molar-refractivity contribution in [3.63, 3.8) is 0 Å². The van der Waals surface area contributed by atoms with E-state index in [4.69, 9.17) is 9.97 Å². The lowest BCUT2D eigenvalue weighted by Crippen LogP contribution is -2.12. The van der Waals surface area contributed by atoms with Crippen molar-refractivity contribution in [1.29, 1.82) is 0 Å². The minimum Gasteiger partial charge on any atom is -0.340 e. The van der Waals surface area contributed by atoms with Gasteiger partial charge < -0.3 is 4.57 Å². The maximum absolute atomic E-state index is 4.79. The Morgan fingerprint density at radius 2 is 1.47 bits per heavy atom. The Labute approximate surface area is 187 Å². The molecule has 2 aromatic heterocycles. The van der Waals surface area contributed by atoms with E-state index in [1.165, 1.54) is 38.0 Å². The fourth-order valence-electron chi connectivity index (χ4n) is 5.04. The molecule has 0 aliphatic heterocycles. The number of aryl methyl sites for hydroxylation is 1. The molecule has 0 saturated carbocycles. The van der Waals surface area contributed by atoms with Crippen LogP contribution in [0.1, 0.15) is 26.3 Å². The molecule has 0 aliphatic rings. The third-order valence-corrected chi connectivity index (χ3v) is 6.61. The molecular weight excluding hydrogens is 390 g/mol. The summed E-state index contributed by atoms with van der Waals surface area (Å²) >= 11 is 0. The average Bonchev–Trinajstić information content (AvgIpc) is 3.10. The van der Waals surface area contributed by atoms with Gasteiger partial charge in [0.2, 0.25) is 0 Å². The molecular formula is C29H25N3. The molecule has 0 bridgehead atoms. The molecule has 3 heteroatoms. The Morgan fingerprint density at radius 1 is 0.750 bits per heavy atom. The predicted molar refractivity (Wildman–Crippen MR) is 135 cm³/mol. The Balaban J connectivity index is 1.76. The molecule has 3 nitrogen and oxygen atoms in total. The molecule has 6 aromatic rings. The Morgan fingerprint density at radius 3 is 2.25 bits per heavy atom. The number of rotatable bonds is 1. The largest absolute Gasteiger partial charge is 0.340 e. The van der Waals surface area contributed by atoms with Gasteiger partial charge in [-0.2, -0.15) is 0 Å². The van der Waals surface area contributed by atoms with Crippen LogP contribution >= 0.6 is 0 Å². The van der Waals surface area contributed by atoms with E-state index in [2.05, 4.69) is 105 Å². The number of hydrogen-bond donors (Lipinski definition) is 0. The smallest absolute Gasteiger partial charge is 0.116 e. The highest BCUT2D eigenvalue weighted by Crippen LogP contribution is 2.41. The van der Waals surface area contributed by atoms with Crippen LogP contribution in [0.3, 0.4) is 0 Å². The van der Waals surface area contributed by atoms with Gasteiger partial charge in [0.1, 0.15) is 11.8 Å². The zero-order valence-electron chi connectivity index (χ0n) is 18.8. The van der Waals surface area contributed by atoms with E-state index in [9.17, 15) is 0 Å². The standard InChI is InChI=1S/C29H25N3/c1-29(2,3)23-16-24-25(22-12-8-7-11-21(22)23)27-28(32(24)4)26(30-17-31-27)20-14-13-18-9-5-6-10-19(18)15-20/h5-17H,1-4H3. The van der Waals surface area contributed by atoms with Gasteiger partial charge in [-0.25, -0.2) is 9.97 Å². The van der Waals surface area contributed by atoms with Gasteiger partial charge in [0, 0.05) is 18.0 Å². The average molecular weight is 416 g/mol. The van der Waals surface area contributed by atoms with Crippen LogP contribution in [0, 0.1) is 0 Å². The van der Waals surface area contributed by atoms with Gasteiger partial charge in [0.05, 0.1) is 16.7 Å². The highest BCUT2D eigenvalue weighted by molar-refractivity contribution is 6.21. The third kappa shape index (κ3) is 2.67. The number of benzene rings is 4. The first-order chi connectivity index (χ1) is 15.4. The SMILES string of the molecule is Cn1c2cc(C(C)(C)C)c3ccccc3c2c2ncnc(-c3ccc4ccccc4c3)c21. The van der Waals surface area contributed by atoms with Crippen molar-refractivity contribution >= 4 is 43.5 Å². The second-order valence-electron chi connectivity index (χ2n) is 9.65. The van der Waals surface area contributed by atoms with Gasteiger partial charge >= 0.3 is 0 Å². The topological polar surface area (TPSA) is 30.7 Å². The second kappa shape index (κ2) is 6.64. The van der Waals surface area contributed by atoms with Crippen molar-refractivity contribution in [2.75, 3.05) is 0 Å². The Hall–Kier alpha value is -3.72. The lowest BCUT2D eigenvalue weighted by molar-refractivity contribution is 0.596. The molecule has 4 aromatic carbocycles. The van der Waals surface area contributed by atoms with Gasteiger partial charge in [0.25, 0.3) is 0 Å². The summed E-state index contributed by atoms with van der Waals surface area (Å²) in [7, 11) is 2.14. The minimum absolute atomic E-state index is 0.0388.